The van der Waals surface area contributed by atoms with Crippen LogP contribution in [0.3, 0.4) is 0 Å². The van der Waals surface area contributed by atoms with E-state index in [0.717, 1.165) is 29.0 Å². The minimum absolute atomic E-state index is 0.433. The maximum absolute atomic E-state index is 10.3. The fraction of sp³-hybridized carbons (Fsp3) is 0.500. The van der Waals surface area contributed by atoms with Crippen LogP contribution in [0.4, 0.5) is 0 Å². The average molecular weight is 211 g/mol. The molecule has 1 fully saturated rings. The van der Waals surface area contributed by atoms with Gasteiger partial charge < -0.3 is 5.11 Å². The number of hydrogen-bond acceptors (Lipinski definition) is 1. The van der Waals surface area contributed by atoms with Crippen molar-refractivity contribution in [3.8, 4) is 0 Å². The minimum Gasteiger partial charge on any atom is -0.385 e. The second kappa shape index (κ2) is 3.25. The molecule has 0 aromatic heterocycles. The number of rotatable bonds is 2. The van der Waals surface area contributed by atoms with Crippen LogP contribution in [0.5, 0.6) is 0 Å². The zero-order chi connectivity index (χ0) is 10.3. The maximum Gasteiger partial charge on any atom is 0.0896 e. The quantitative estimate of drug-likeness (QED) is 0.795. The molecule has 76 valence electrons. The van der Waals surface area contributed by atoms with Gasteiger partial charge in [0.15, 0.2) is 0 Å². The summed E-state index contributed by atoms with van der Waals surface area (Å²) >= 11 is 5.94. The van der Waals surface area contributed by atoms with E-state index in [2.05, 4.69) is 0 Å². The van der Waals surface area contributed by atoms with Crippen molar-refractivity contribution in [3.63, 3.8) is 0 Å². The normalized spacial score (nSPS) is 20.6. The van der Waals surface area contributed by atoms with Crippen LogP contribution in [0, 0.1) is 12.8 Å². The van der Waals surface area contributed by atoms with Crippen molar-refractivity contribution in [1.82, 2.24) is 0 Å². The van der Waals surface area contributed by atoms with E-state index in [1.807, 2.05) is 32.0 Å². The monoisotopic (exact) mass is 210 g/mol. The average Bonchev–Trinajstić information content (AvgIpc) is 2.92. The Morgan fingerprint density at radius 2 is 2.07 bits per heavy atom. The van der Waals surface area contributed by atoms with Crippen LogP contribution in [0.2, 0.25) is 5.02 Å². The highest BCUT2D eigenvalue weighted by atomic mass is 35.5. The highest BCUT2D eigenvalue weighted by Gasteiger charge is 2.41. The number of halogens is 1. The molecule has 1 N–H and O–H groups in total. The number of aryl methyl sites for hydroxylation is 1. The highest BCUT2D eigenvalue weighted by Crippen LogP contribution is 2.45. The first-order chi connectivity index (χ1) is 6.51. The van der Waals surface area contributed by atoms with E-state index in [0.29, 0.717) is 5.92 Å². The molecule has 1 aromatic carbocycles. The summed E-state index contributed by atoms with van der Waals surface area (Å²) in [6.07, 6.45) is 2.27. The summed E-state index contributed by atoms with van der Waals surface area (Å²) in [6, 6.07) is 5.78. The summed E-state index contributed by atoms with van der Waals surface area (Å²) in [4.78, 5) is 0. The third kappa shape index (κ3) is 1.67. The van der Waals surface area contributed by atoms with Crippen LogP contribution in [-0.4, -0.2) is 5.11 Å². The van der Waals surface area contributed by atoms with Gasteiger partial charge in [-0.15, -0.1) is 0 Å². The molecule has 1 unspecified atom stereocenters. The molecule has 14 heavy (non-hydrogen) atoms. The summed E-state index contributed by atoms with van der Waals surface area (Å²) in [5, 5.41) is 11.1. The van der Waals surface area contributed by atoms with Crippen molar-refractivity contribution in [2.45, 2.75) is 32.3 Å². The molecule has 0 bridgehead atoms. The van der Waals surface area contributed by atoms with Crippen LogP contribution < -0.4 is 0 Å². The van der Waals surface area contributed by atoms with Gasteiger partial charge in [0.2, 0.25) is 0 Å². The summed E-state index contributed by atoms with van der Waals surface area (Å²) in [6.45, 7) is 3.86. The molecule has 1 aromatic rings. The van der Waals surface area contributed by atoms with Crippen molar-refractivity contribution in [2.24, 2.45) is 5.92 Å². The summed E-state index contributed by atoms with van der Waals surface area (Å²) < 4.78 is 0. The molecule has 0 amide bonds. The first-order valence-electron chi connectivity index (χ1n) is 5.01. The summed E-state index contributed by atoms with van der Waals surface area (Å²) in [5.41, 5.74) is 1.35. The van der Waals surface area contributed by atoms with E-state index in [1.165, 1.54) is 0 Å². The molecule has 1 aliphatic carbocycles. The van der Waals surface area contributed by atoms with Gasteiger partial charge in [0, 0.05) is 5.02 Å². The van der Waals surface area contributed by atoms with Crippen LogP contribution in [0.25, 0.3) is 0 Å². The Balaban J connectivity index is 2.36. The summed E-state index contributed by atoms with van der Waals surface area (Å²) in [5.74, 6) is 0.433. The third-order valence-electron chi connectivity index (χ3n) is 3.11. The van der Waals surface area contributed by atoms with Gasteiger partial charge >= 0.3 is 0 Å². The molecule has 2 heteroatoms. The SMILES string of the molecule is Cc1cc(C(C)(O)C2CC2)ccc1Cl. The van der Waals surface area contributed by atoms with Gasteiger partial charge in [-0.05, 0) is 49.8 Å². The molecule has 1 nitrogen and oxygen atoms in total. The fourth-order valence-corrected chi connectivity index (χ4v) is 1.96. The van der Waals surface area contributed by atoms with Crippen molar-refractivity contribution in [3.05, 3.63) is 34.3 Å². The Morgan fingerprint density at radius 3 is 2.57 bits per heavy atom. The lowest BCUT2D eigenvalue weighted by Gasteiger charge is -2.24. The predicted molar refractivity (Wildman–Crippen MR) is 58.5 cm³/mol. The lowest BCUT2D eigenvalue weighted by atomic mass is 9.90. The van der Waals surface area contributed by atoms with Gasteiger partial charge in [-0.3, -0.25) is 0 Å². The van der Waals surface area contributed by atoms with Crippen molar-refractivity contribution in [1.29, 1.82) is 0 Å². The Bertz CT molecular complexity index is 353. The Kier molecular flexibility index (Phi) is 2.32. The van der Waals surface area contributed by atoms with Crippen molar-refractivity contribution in [2.75, 3.05) is 0 Å². The van der Waals surface area contributed by atoms with Gasteiger partial charge in [0.25, 0.3) is 0 Å². The molecule has 1 atom stereocenters. The molecule has 0 aliphatic heterocycles. The molecule has 0 heterocycles. The molecule has 1 aliphatic rings. The first-order valence-corrected chi connectivity index (χ1v) is 5.38. The molecule has 0 saturated heterocycles. The van der Waals surface area contributed by atoms with E-state index in [9.17, 15) is 5.11 Å². The van der Waals surface area contributed by atoms with Gasteiger partial charge in [0.1, 0.15) is 0 Å². The molecule has 1 saturated carbocycles. The second-order valence-corrected chi connectivity index (χ2v) is 4.79. The fourth-order valence-electron chi connectivity index (χ4n) is 1.84. The Labute approximate surface area is 89.7 Å². The van der Waals surface area contributed by atoms with E-state index in [-0.39, 0.29) is 0 Å². The maximum atomic E-state index is 10.3. The van der Waals surface area contributed by atoms with Gasteiger partial charge in [-0.2, -0.15) is 0 Å². The zero-order valence-corrected chi connectivity index (χ0v) is 9.30. The first kappa shape index (κ1) is 10.0. The molecular formula is C12H15ClO. The van der Waals surface area contributed by atoms with Crippen molar-refractivity contribution < 1.29 is 5.11 Å². The standard InChI is InChI=1S/C12H15ClO/c1-8-7-10(5-6-11(8)13)12(2,14)9-3-4-9/h5-7,9,14H,3-4H2,1-2H3. The van der Waals surface area contributed by atoms with E-state index in [1.54, 1.807) is 0 Å². The predicted octanol–water partition coefficient (Wildman–Crippen LogP) is 3.27. The van der Waals surface area contributed by atoms with E-state index in [4.69, 9.17) is 11.6 Å². The largest absolute Gasteiger partial charge is 0.385 e. The smallest absolute Gasteiger partial charge is 0.0896 e. The topological polar surface area (TPSA) is 20.2 Å². The lowest BCUT2D eigenvalue weighted by molar-refractivity contribution is 0.0330. The van der Waals surface area contributed by atoms with Gasteiger partial charge in [-0.1, -0.05) is 23.7 Å². The van der Waals surface area contributed by atoms with Crippen LogP contribution >= 0.6 is 11.6 Å². The molecule has 0 spiro atoms. The second-order valence-electron chi connectivity index (χ2n) is 4.39. The third-order valence-corrected chi connectivity index (χ3v) is 3.54. The number of benzene rings is 1. The van der Waals surface area contributed by atoms with Crippen LogP contribution in [0.15, 0.2) is 18.2 Å². The molecule has 0 radical (unpaired) electrons. The lowest BCUT2D eigenvalue weighted by Crippen LogP contribution is -2.23. The van der Waals surface area contributed by atoms with Gasteiger partial charge in [0.05, 0.1) is 5.60 Å². The number of aliphatic hydroxyl groups is 1. The Morgan fingerprint density at radius 1 is 1.43 bits per heavy atom. The Hall–Kier alpha value is -0.530. The highest BCUT2D eigenvalue weighted by molar-refractivity contribution is 6.31. The number of hydrogen-bond donors (Lipinski definition) is 1. The molecule has 2 rings (SSSR count). The summed E-state index contributed by atoms with van der Waals surface area (Å²) in [7, 11) is 0. The van der Waals surface area contributed by atoms with Gasteiger partial charge in [-0.25, -0.2) is 0 Å². The minimum atomic E-state index is -0.671. The van der Waals surface area contributed by atoms with Crippen molar-refractivity contribution >= 4 is 11.6 Å². The van der Waals surface area contributed by atoms with Crippen LogP contribution in [0.1, 0.15) is 30.9 Å². The van der Waals surface area contributed by atoms with E-state index >= 15 is 0 Å². The zero-order valence-electron chi connectivity index (χ0n) is 8.55. The molecular weight excluding hydrogens is 196 g/mol. The van der Waals surface area contributed by atoms with Crippen LogP contribution in [-0.2, 0) is 5.60 Å². The van der Waals surface area contributed by atoms with E-state index < -0.39 is 5.60 Å².